The predicted molar refractivity (Wildman–Crippen MR) is 53.4 cm³/mol. The highest BCUT2D eigenvalue weighted by Gasteiger charge is 2.38. The number of Topliss-reactive ketones (excluding diaryl/α,β-unsaturated/α-hetero) is 1. The number of carbonyl (C=O) groups is 1. The van der Waals surface area contributed by atoms with Crippen LogP contribution in [0.2, 0.25) is 0 Å². The zero-order valence-electron chi connectivity index (χ0n) is 8.60. The molecule has 0 saturated heterocycles. The molecule has 1 unspecified atom stereocenters. The first kappa shape index (κ1) is 8.98. The highest BCUT2D eigenvalue weighted by Crippen LogP contribution is 2.42. The number of hydrogen-bond acceptors (Lipinski definition) is 1. The third-order valence-electron chi connectivity index (χ3n) is 3.56. The summed E-state index contributed by atoms with van der Waals surface area (Å²) in [7, 11) is 0. The molecular formula is C12H18O. The average Bonchev–Trinajstić information content (AvgIpc) is 2.13. The zero-order chi connectivity index (χ0) is 9.47. The molecule has 2 aliphatic rings. The van der Waals surface area contributed by atoms with Gasteiger partial charge >= 0.3 is 0 Å². The number of allylic oxidation sites excluding steroid dienone is 2. The van der Waals surface area contributed by atoms with Crippen LogP contribution in [0.15, 0.2) is 11.6 Å². The molecule has 1 saturated carbocycles. The van der Waals surface area contributed by atoms with Crippen molar-refractivity contribution in [2.24, 2.45) is 11.3 Å². The van der Waals surface area contributed by atoms with Crippen LogP contribution < -0.4 is 0 Å². The van der Waals surface area contributed by atoms with Crippen LogP contribution in [0.4, 0.5) is 0 Å². The van der Waals surface area contributed by atoms with Crippen molar-refractivity contribution >= 4 is 5.78 Å². The molecule has 1 fully saturated rings. The molecule has 1 atom stereocenters. The highest BCUT2D eigenvalue weighted by molar-refractivity contribution is 6.00. The van der Waals surface area contributed by atoms with Gasteiger partial charge in [-0.2, -0.15) is 0 Å². The van der Waals surface area contributed by atoms with Gasteiger partial charge in [0.15, 0.2) is 5.78 Å². The van der Waals surface area contributed by atoms with Crippen molar-refractivity contribution in [3.8, 4) is 0 Å². The van der Waals surface area contributed by atoms with Crippen LogP contribution in [0.5, 0.6) is 0 Å². The quantitative estimate of drug-likeness (QED) is 0.557. The third kappa shape index (κ3) is 1.45. The molecule has 2 rings (SSSR count). The van der Waals surface area contributed by atoms with E-state index in [-0.39, 0.29) is 5.41 Å². The van der Waals surface area contributed by atoms with E-state index in [4.69, 9.17) is 0 Å². The molecular weight excluding hydrogens is 160 g/mol. The van der Waals surface area contributed by atoms with Crippen molar-refractivity contribution in [1.29, 1.82) is 0 Å². The SMILES string of the molecule is CC1(C)CCC2CCCC=C2C1=O. The van der Waals surface area contributed by atoms with Crippen molar-refractivity contribution in [2.75, 3.05) is 0 Å². The smallest absolute Gasteiger partial charge is 0.164 e. The number of rotatable bonds is 0. The molecule has 72 valence electrons. The third-order valence-corrected chi connectivity index (χ3v) is 3.56. The lowest BCUT2D eigenvalue weighted by Crippen LogP contribution is -2.35. The first-order chi connectivity index (χ1) is 6.11. The Morgan fingerprint density at radius 3 is 2.92 bits per heavy atom. The van der Waals surface area contributed by atoms with Gasteiger partial charge < -0.3 is 0 Å². The lowest BCUT2D eigenvalue weighted by Gasteiger charge is -2.36. The van der Waals surface area contributed by atoms with E-state index in [1.54, 1.807) is 0 Å². The predicted octanol–water partition coefficient (Wildman–Crippen LogP) is 3.10. The Morgan fingerprint density at radius 2 is 2.15 bits per heavy atom. The van der Waals surface area contributed by atoms with Gasteiger partial charge in [0.25, 0.3) is 0 Å². The monoisotopic (exact) mass is 178 g/mol. The lowest BCUT2D eigenvalue weighted by molar-refractivity contribution is -0.126. The summed E-state index contributed by atoms with van der Waals surface area (Å²) in [5.74, 6) is 1.03. The number of carbonyl (C=O) groups excluding carboxylic acids is 1. The first-order valence-corrected chi connectivity index (χ1v) is 5.36. The Bertz CT molecular complexity index is 260. The Hall–Kier alpha value is -0.590. The second-order valence-electron chi connectivity index (χ2n) is 5.04. The molecule has 1 heteroatoms. The molecule has 0 N–H and O–H groups in total. The first-order valence-electron chi connectivity index (χ1n) is 5.36. The largest absolute Gasteiger partial charge is 0.294 e. The maximum absolute atomic E-state index is 12.0. The summed E-state index contributed by atoms with van der Waals surface area (Å²) in [6.45, 7) is 4.17. The van der Waals surface area contributed by atoms with E-state index in [2.05, 4.69) is 19.9 Å². The molecule has 2 aliphatic carbocycles. The topological polar surface area (TPSA) is 17.1 Å². The van der Waals surface area contributed by atoms with Gasteiger partial charge in [0.05, 0.1) is 0 Å². The Kier molecular flexibility index (Phi) is 2.05. The number of hydrogen-bond donors (Lipinski definition) is 0. The van der Waals surface area contributed by atoms with Gasteiger partial charge in [-0.15, -0.1) is 0 Å². The van der Waals surface area contributed by atoms with E-state index in [0.717, 1.165) is 18.4 Å². The Balaban J connectivity index is 2.28. The van der Waals surface area contributed by atoms with Crippen LogP contribution >= 0.6 is 0 Å². The maximum atomic E-state index is 12.0. The van der Waals surface area contributed by atoms with Gasteiger partial charge in [0.2, 0.25) is 0 Å². The van der Waals surface area contributed by atoms with Gasteiger partial charge in [-0.3, -0.25) is 4.79 Å². The standard InChI is InChI=1S/C12H18O/c1-12(2)8-7-9-5-3-4-6-10(9)11(12)13/h6,9H,3-5,7-8H2,1-2H3. The van der Waals surface area contributed by atoms with E-state index in [1.807, 2.05) is 0 Å². The minimum Gasteiger partial charge on any atom is -0.294 e. The van der Waals surface area contributed by atoms with Crippen LogP contribution in [-0.2, 0) is 4.79 Å². The van der Waals surface area contributed by atoms with Crippen molar-refractivity contribution < 1.29 is 4.79 Å². The molecule has 0 aromatic carbocycles. The molecule has 0 amide bonds. The van der Waals surface area contributed by atoms with Gasteiger partial charge in [0.1, 0.15) is 0 Å². The van der Waals surface area contributed by atoms with Crippen LogP contribution in [0.1, 0.15) is 46.0 Å². The summed E-state index contributed by atoms with van der Waals surface area (Å²) in [4.78, 5) is 12.0. The minimum atomic E-state index is -0.0837. The van der Waals surface area contributed by atoms with Crippen LogP contribution in [0.25, 0.3) is 0 Å². The van der Waals surface area contributed by atoms with E-state index >= 15 is 0 Å². The molecule has 0 aromatic heterocycles. The second kappa shape index (κ2) is 2.97. The molecule has 1 nitrogen and oxygen atoms in total. The van der Waals surface area contributed by atoms with Gasteiger partial charge in [-0.25, -0.2) is 0 Å². The molecule has 0 heterocycles. The van der Waals surface area contributed by atoms with Gasteiger partial charge in [0, 0.05) is 5.41 Å². The summed E-state index contributed by atoms with van der Waals surface area (Å²) in [5.41, 5.74) is 1.07. The van der Waals surface area contributed by atoms with E-state index in [1.165, 1.54) is 19.3 Å². The van der Waals surface area contributed by atoms with E-state index < -0.39 is 0 Å². The molecule has 13 heavy (non-hydrogen) atoms. The summed E-state index contributed by atoms with van der Waals surface area (Å²) < 4.78 is 0. The molecule has 0 bridgehead atoms. The lowest BCUT2D eigenvalue weighted by atomic mass is 9.66. The van der Waals surface area contributed by atoms with Crippen LogP contribution in [0.3, 0.4) is 0 Å². The fourth-order valence-corrected chi connectivity index (χ4v) is 2.56. The minimum absolute atomic E-state index is 0.0837. The summed E-state index contributed by atoms with van der Waals surface area (Å²) in [6, 6.07) is 0. The van der Waals surface area contributed by atoms with Gasteiger partial charge in [-0.05, 0) is 43.6 Å². The normalized spacial score (nSPS) is 32.3. The van der Waals surface area contributed by atoms with Gasteiger partial charge in [-0.1, -0.05) is 19.9 Å². The van der Waals surface area contributed by atoms with E-state index in [9.17, 15) is 4.79 Å². The molecule has 0 aliphatic heterocycles. The Labute approximate surface area is 80.2 Å². The highest BCUT2D eigenvalue weighted by atomic mass is 16.1. The summed E-state index contributed by atoms with van der Waals surface area (Å²) >= 11 is 0. The zero-order valence-corrected chi connectivity index (χ0v) is 8.60. The fourth-order valence-electron chi connectivity index (χ4n) is 2.56. The number of fused-ring (bicyclic) bond motifs is 1. The summed E-state index contributed by atoms with van der Waals surface area (Å²) in [5, 5.41) is 0. The van der Waals surface area contributed by atoms with Crippen LogP contribution in [0, 0.1) is 11.3 Å². The summed E-state index contributed by atoms with van der Waals surface area (Å²) in [6.07, 6.45) is 8.14. The molecule has 0 radical (unpaired) electrons. The molecule has 0 aromatic rings. The molecule has 0 spiro atoms. The average molecular weight is 178 g/mol. The second-order valence-corrected chi connectivity index (χ2v) is 5.04. The van der Waals surface area contributed by atoms with E-state index in [0.29, 0.717) is 11.7 Å². The van der Waals surface area contributed by atoms with Crippen molar-refractivity contribution in [3.63, 3.8) is 0 Å². The van der Waals surface area contributed by atoms with Crippen molar-refractivity contribution in [1.82, 2.24) is 0 Å². The Morgan fingerprint density at radius 1 is 1.38 bits per heavy atom. The van der Waals surface area contributed by atoms with Crippen LogP contribution in [-0.4, -0.2) is 5.78 Å². The fraction of sp³-hybridized carbons (Fsp3) is 0.750. The van der Waals surface area contributed by atoms with Crippen molar-refractivity contribution in [3.05, 3.63) is 11.6 Å². The van der Waals surface area contributed by atoms with Crippen molar-refractivity contribution in [2.45, 2.75) is 46.0 Å². The number of ketones is 1. The maximum Gasteiger partial charge on any atom is 0.164 e.